The fourth-order valence-corrected chi connectivity index (χ4v) is 4.93. The summed E-state index contributed by atoms with van der Waals surface area (Å²) in [5, 5.41) is 5.51. The van der Waals surface area contributed by atoms with E-state index in [2.05, 4.69) is 22.3 Å². The lowest BCUT2D eigenvalue weighted by molar-refractivity contribution is -0.130. The molecule has 0 bridgehead atoms. The SMILES string of the molecule is CC(=O)N1CCN(C2=Nc3ccc(F)cc3Nc3sc4ccccc4c32)CC1. The largest absolute Gasteiger partial charge is 0.352 e. The maximum atomic E-state index is 13.8. The number of halogens is 1. The van der Waals surface area contributed by atoms with E-state index in [0.717, 1.165) is 45.3 Å². The maximum Gasteiger partial charge on any atom is 0.219 e. The molecule has 3 aromatic rings. The molecule has 2 aromatic carbocycles. The Hall–Kier alpha value is -2.93. The van der Waals surface area contributed by atoms with Gasteiger partial charge in [-0.25, -0.2) is 9.38 Å². The molecule has 142 valence electrons. The van der Waals surface area contributed by atoms with Gasteiger partial charge in [0.2, 0.25) is 5.91 Å². The number of carbonyl (C=O) groups is 1. The summed E-state index contributed by atoms with van der Waals surface area (Å²) in [6.45, 7) is 4.40. The van der Waals surface area contributed by atoms with Crippen LogP contribution in [0.1, 0.15) is 12.5 Å². The van der Waals surface area contributed by atoms with Crippen LogP contribution in [0.3, 0.4) is 0 Å². The Kier molecular flexibility index (Phi) is 4.05. The molecular formula is C21H19FN4OS. The molecule has 0 unspecified atom stereocenters. The average Bonchev–Trinajstić information content (AvgIpc) is 2.97. The van der Waals surface area contributed by atoms with Crippen molar-refractivity contribution in [2.45, 2.75) is 6.92 Å². The Balaban J connectivity index is 1.65. The number of carbonyl (C=O) groups excluding carboxylic acids is 1. The second-order valence-electron chi connectivity index (χ2n) is 7.02. The molecule has 2 aliphatic heterocycles. The van der Waals surface area contributed by atoms with Crippen LogP contribution >= 0.6 is 11.3 Å². The zero-order valence-corrected chi connectivity index (χ0v) is 16.2. The Morgan fingerprint density at radius 1 is 1.14 bits per heavy atom. The summed E-state index contributed by atoms with van der Waals surface area (Å²) in [4.78, 5) is 20.7. The van der Waals surface area contributed by atoms with E-state index in [9.17, 15) is 9.18 Å². The molecule has 2 aliphatic rings. The second kappa shape index (κ2) is 6.60. The summed E-state index contributed by atoms with van der Waals surface area (Å²) in [7, 11) is 0. The van der Waals surface area contributed by atoms with Crippen molar-refractivity contribution in [3.05, 3.63) is 53.8 Å². The van der Waals surface area contributed by atoms with Gasteiger partial charge in [-0.2, -0.15) is 0 Å². The molecule has 5 rings (SSSR count). The second-order valence-corrected chi connectivity index (χ2v) is 8.07. The lowest BCUT2D eigenvalue weighted by atomic mass is 10.1. The smallest absolute Gasteiger partial charge is 0.219 e. The normalized spacial score (nSPS) is 16.1. The van der Waals surface area contributed by atoms with Crippen molar-refractivity contribution < 1.29 is 9.18 Å². The minimum Gasteiger partial charge on any atom is -0.352 e. The van der Waals surface area contributed by atoms with Crippen molar-refractivity contribution in [3.63, 3.8) is 0 Å². The van der Waals surface area contributed by atoms with E-state index in [1.807, 2.05) is 17.0 Å². The fourth-order valence-electron chi connectivity index (χ4n) is 3.82. The van der Waals surface area contributed by atoms with Crippen LogP contribution in [0, 0.1) is 5.82 Å². The van der Waals surface area contributed by atoms with Crippen molar-refractivity contribution in [3.8, 4) is 0 Å². The first-order valence-electron chi connectivity index (χ1n) is 9.28. The third-order valence-corrected chi connectivity index (χ3v) is 6.36. The molecule has 1 fully saturated rings. The van der Waals surface area contributed by atoms with Crippen molar-refractivity contribution in [1.29, 1.82) is 0 Å². The molecule has 0 aliphatic carbocycles. The Morgan fingerprint density at radius 2 is 1.93 bits per heavy atom. The van der Waals surface area contributed by atoms with Gasteiger partial charge in [0, 0.05) is 43.2 Å². The molecular weight excluding hydrogens is 375 g/mol. The van der Waals surface area contributed by atoms with Crippen LogP contribution in [0.15, 0.2) is 47.5 Å². The Labute approximate surface area is 166 Å². The van der Waals surface area contributed by atoms with Gasteiger partial charge in [0.15, 0.2) is 0 Å². The van der Waals surface area contributed by atoms with Gasteiger partial charge in [0.25, 0.3) is 0 Å². The highest BCUT2D eigenvalue weighted by Crippen LogP contribution is 2.43. The van der Waals surface area contributed by atoms with Crippen LogP contribution in [0.2, 0.25) is 0 Å². The summed E-state index contributed by atoms with van der Waals surface area (Å²) in [6.07, 6.45) is 0. The molecule has 0 spiro atoms. The number of hydrogen-bond acceptors (Lipinski definition) is 5. The first kappa shape index (κ1) is 17.2. The zero-order chi connectivity index (χ0) is 19.3. The molecule has 1 amide bonds. The number of thiophene rings is 1. The summed E-state index contributed by atoms with van der Waals surface area (Å²) in [6, 6.07) is 12.9. The molecule has 1 aromatic heterocycles. The van der Waals surface area contributed by atoms with Gasteiger partial charge in [-0.1, -0.05) is 18.2 Å². The number of fused-ring (bicyclic) bond motifs is 4. The van der Waals surface area contributed by atoms with Gasteiger partial charge >= 0.3 is 0 Å². The maximum absolute atomic E-state index is 13.8. The molecule has 0 atom stereocenters. The number of aliphatic imine (C=N–C) groups is 1. The number of nitrogens with one attached hydrogen (secondary N) is 1. The third-order valence-electron chi connectivity index (χ3n) is 5.28. The minimum absolute atomic E-state index is 0.103. The number of anilines is 2. The van der Waals surface area contributed by atoms with E-state index >= 15 is 0 Å². The van der Waals surface area contributed by atoms with Gasteiger partial charge in [-0.3, -0.25) is 4.79 Å². The monoisotopic (exact) mass is 394 g/mol. The van der Waals surface area contributed by atoms with Gasteiger partial charge in [0.05, 0.1) is 16.9 Å². The van der Waals surface area contributed by atoms with Crippen LogP contribution in [0.25, 0.3) is 10.1 Å². The quantitative estimate of drug-likeness (QED) is 0.617. The average molecular weight is 394 g/mol. The summed E-state index contributed by atoms with van der Waals surface area (Å²) < 4.78 is 15.0. The number of amidine groups is 1. The topological polar surface area (TPSA) is 47.9 Å². The van der Waals surface area contributed by atoms with Crippen molar-refractivity contribution >= 4 is 49.5 Å². The van der Waals surface area contributed by atoms with E-state index < -0.39 is 0 Å². The van der Waals surface area contributed by atoms with E-state index in [-0.39, 0.29) is 11.7 Å². The van der Waals surface area contributed by atoms with Crippen molar-refractivity contribution in [2.75, 3.05) is 31.5 Å². The Bertz CT molecular complexity index is 1110. The van der Waals surface area contributed by atoms with Crippen LogP contribution < -0.4 is 5.32 Å². The predicted octanol–water partition coefficient (Wildman–Crippen LogP) is 4.34. The zero-order valence-electron chi connectivity index (χ0n) is 15.4. The predicted molar refractivity (Wildman–Crippen MR) is 112 cm³/mol. The molecule has 28 heavy (non-hydrogen) atoms. The lowest BCUT2D eigenvalue weighted by Crippen LogP contribution is -2.50. The highest BCUT2D eigenvalue weighted by atomic mass is 32.1. The summed E-state index contributed by atoms with van der Waals surface area (Å²) in [5.74, 6) is 0.697. The van der Waals surface area contributed by atoms with Gasteiger partial charge in [0.1, 0.15) is 16.7 Å². The molecule has 0 saturated carbocycles. The standard InChI is InChI=1S/C21H19FN4OS/c1-13(27)25-8-10-26(11-9-25)20-19-15-4-2-3-5-18(15)28-21(19)24-17-12-14(22)6-7-16(17)23-20/h2-7,12,24H,8-11H2,1H3. The highest BCUT2D eigenvalue weighted by molar-refractivity contribution is 7.23. The van der Waals surface area contributed by atoms with E-state index in [0.29, 0.717) is 18.8 Å². The van der Waals surface area contributed by atoms with Crippen LogP contribution in [-0.2, 0) is 4.79 Å². The number of nitrogens with zero attached hydrogens (tertiary/aromatic N) is 3. The number of hydrogen-bond donors (Lipinski definition) is 1. The molecule has 1 saturated heterocycles. The summed E-state index contributed by atoms with van der Waals surface area (Å²) >= 11 is 1.65. The first-order valence-corrected chi connectivity index (χ1v) is 10.1. The molecule has 3 heterocycles. The number of rotatable bonds is 0. The Morgan fingerprint density at radius 3 is 2.71 bits per heavy atom. The van der Waals surface area contributed by atoms with Crippen LogP contribution in [0.5, 0.6) is 0 Å². The van der Waals surface area contributed by atoms with E-state index in [1.54, 1.807) is 24.3 Å². The number of amides is 1. The van der Waals surface area contributed by atoms with Crippen LogP contribution in [0.4, 0.5) is 20.8 Å². The van der Waals surface area contributed by atoms with Crippen LogP contribution in [-0.4, -0.2) is 47.7 Å². The fraction of sp³-hybridized carbons (Fsp3) is 0.238. The number of benzene rings is 2. The molecule has 0 radical (unpaired) electrons. The molecule has 7 heteroatoms. The van der Waals surface area contributed by atoms with Gasteiger partial charge in [-0.05, 0) is 24.3 Å². The van der Waals surface area contributed by atoms with Gasteiger partial charge < -0.3 is 15.1 Å². The third kappa shape index (κ3) is 2.82. The van der Waals surface area contributed by atoms with Crippen molar-refractivity contribution in [2.24, 2.45) is 4.99 Å². The molecule has 1 N–H and O–H groups in total. The van der Waals surface area contributed by atoms with Gasteiger partial charge in [-0.15, -0.1) is 11.3 Å². The molecule has 5 nitrogen and oxygen atoms in total. The van der Waals surface area contributed by atoms with E-state index in [1.165, 1.54) is 12.1 Å². The van der Waals surface area contributed by atoms with E-state index in [4.69, 9.17) is 4.99 Å². The minimum atomic E-state index is -0.289. The first-order chi connectivity index (χ1) is 13.6. The highest BCUT2D eigenvalue weighted by Gasteiger charge is 2.28. The summed E-state index contributed by atoms with van der Waals surface area (Å²) in [5.41, 5.74) is 2.44. The lowest BCUT2D eigenvalue weighted by Gasteiger charge is -2.36. The number of piperazine rings is 1. The van der Waals surface area contributed by atoms with Crippen molar-refractivity contribution in [1.82, 2.24) is 9.80 Å².